The Morgan fingerprint density at radius 3 is 2.67 bits per heavy atom. The molecule has 0 saturated carbocycles. The molecule has 1 unspecified atom stereocenters. The van der Waals surface area contributed by atoms with Crippen molar-refractivity contribution in [3.05, 3.63) is 58.5 Å². The van der Waals surface area contributed by atoms with E-state index in [4.69, 9.17) is 13.7 Å². The minimum Gasteiger partial charge on any atom is -0.493 e. The van der Waals surface area contributed by atoms with E-state index in [1.165, 1.54) is 7.11 Å². The molecular formula is C16H10F2IO4P. The summed E-state index contributed by atoms with van der Waals surface area (Å²) >= 11 is 2.08. The van der Waals surface area contributed by atoms with Gasteiger partial charge in [-0.25, -0.2) is 8.78 Å². The Morgan fingerprint density at radius 2 is 1.96 bits per heavy atom. The van der Waals surface area contributed by atoms with Crippen molar-refractivity contribution < 1.29 is 22.5 Å². The Morgan fingerprint density at radius 1 is 1.17 bits per heavy atom. The fraction of sp³-hybridized carbons (Fsp3) is 0.0625. The second-order valence-corrected chi connectivity index (χ2v) is 6.46. The monoisotopic (exact) mass is 462 g/mol. The smallest absolute Gasteiger partial charge is 0.200 e. The van der Waals surface area contributed by atoms with Gasteiger partial charge in [-0.15, -0.1) is 0 Å². The molecule has 3 rings (SSSR count). The lowest BCUT2D eigenvalue weighted by Gasteiger charge is -2.10. The molecule has 1 aromatic heterocycles. The maximum atomic E-state index is 13.9. The zero-order valence-corrected chi connectivity index (χ0v) is 15.4. The van der Waals surface area contributed by atoms with Gasteiger partial charge in [-0.1, -0.05) is 0 Å². The van der Waals surface area contributed by atoms with E-state index in [-0.39, 0.29) is 28.7 Å². The molecule has 24 heavy (non-hydrogen) atoms. The van der Waals surface area contributed by atoms with Gasteiger partial charge in [0.25, 0.3) is 0 Å². The van der Waals surface area contributed by atoms with Crippen LogP contribution in [0.2, 0.25) is 0 Å². The summed E-state index contributed by atoms with van der Waals surface area (Å²) in [4.78, 5) is 12.7. The van der Waals surface area contributed by atoms with E-state index in [1.807, 2.05) is 0 Å². The summed E-state index contributed by atoms with van der Waals surface area (Å²) in [5.74, 6) is -1.34. The summed E-state index contributed by atoms with van der Waals surface area (Å²) in [5.41, 5.74) is -0.0725. The van der Waals surface area contributed by atoms with E-state index in [0.717, 1.165) is 12.3 Å². The van der Waals surface area contributed by atoms with Crippen LogP contribution in [0.5, 0.6) is 11.5 Å². The molecule has 0 spiro atoms. The molecule has 0 fully saturated rings. The average molecular weight is 462 g/mol. The number of fused-ring (bicyclic) bond motifs is 1. The van der Waals surface area contributed by atoms with Crippen LogP contribution in [0.1, 0.15) is 0 Å². The van der Waals surface area contributed by atoms with Gasteiger partial charge >= 0.3 is 0 Å². The molecule has 2 aromatic carbocycles. The summed E-state index contributed by atoms with van der Waals surface area (Å²) in [5, 5.41) is 0.281. The van der Waals surface area contributed by atoms with Gasteiger partial charge in [-0.2, -0.15) is 0 Å². The first-order valence-corrected chi connectivity index (χ1v) is 10.7. The van der Waals surface area contributed by atoms with Gasteiger partial charge in [0.1, 0.15) is 29.9 Å². The topological polar surface area (TPSA) is 48.7 Å². The van der Waals surface area contributed by atoms with Crippen molar-refractivity contribution in [2.45, 2.75) is 0 Å². The van der Waals surface area contributed by atoms with Crippen molar-refractivity contribution in [3.63, 3.8) is 0 Å². The van der Waals surface area contributed by atoms with E-state index in [0.29, 0.717) is 17.4 Å². The standard InChI is InChI=1S/C16H10F2IO4P/c1-21-16-11(4-8(17)5-13(16)18)12-7-22-14-6-9(23-24-19)2-3-10(14)15(12)20/h2-7,24H,1H3. The highest BCUT2D eigenvalue weighted by Gasteiger charge is 2.18. The molecule has 0 aliphatic heterocycles. The van der Waals surface area contributed by atoms with Crippen molar-refractivity contribution in [2.75, 3.05) is 7.11 Å². The van der Waals surface area contributed by atoms with Gasteiger partial charge in [-0.05, 0) is 40.2 Å². The van der Waals surface area contributed by atoms with Gasteiger partial charge in [0.2, 0.25) is 5.43 Å². The quantitative estimate of drug-likeness (QED) is 0.402. The van der Waals surface area contributed by atoms with Crippen molar-refractivity contribution >= 4 is 39.5 Å². The summed E-state index contributed by atoms with van der Waals surface area (Å²) in [6.07, 6.45) is 1.16. The number of hydrogen-bond donors (Lipinski definition) is 0. The molecule has 3 aromatic rings. The van der Waals surface area contributed by atoms with Crippen LogP contribution in [0.25, 0.3) is 22.1 Å². The predicted molar refractivity (Wildman–Crippen MR) is 97.4 cm³/mol. The van der Waals surface area contributed by atoms with E-state index in [9.17, 15) is 13.6 Å². The molecule has 0 amide bonds. The predicted octanol–water partition coefficient (Wildman–Crippen LogP) is 5.07. The Hall–Kier alpha value is -1.73. The van der Waals surface area contributed by atoms with Crippen LogP contribution in [0.4, 0.5) is 8.78 Å². The summed E-state index contributed by atoms with van der Waals surface area (Å²) in [6, 6.07) is 6.51. The molecule has 1 atom stereocenters. The molecular weight excluding hydrogens is 452 g/mol. The molecule has 0 aliphatic rings. The van der Waals surface area contributed by atoms with Crippen molar-refractivity contribution in [2.24, 2.45) is 0 Å². The highest BCUT2D eigenvalue weighted by molar-refractivity contribution is 14.2. The first-order chi connectivity index (χ1) is 11.5. The number of methoxy groups -OCH3 is 1. The minimum absolute atomic E-state index is 0.000259. The summed E-state index contributed by atoms with van der Waals surface area (Å²) in [6.45, 7) is 0.224. The molecule has 0 bridgehead atoms. The fourth-order valence-corrected chi connectivity index (χ4v) is 3.35. The molecule has 0 aliphatic carbocycles. The molecule has 0 N–H and O–H groups in total. The van der Waals surface area contributed by atoms with Crippen molar-refractivity contribution in [1.82, 2.24) is 0 Å². The molecule has 124 valence electrons. The first-order valence-electron chi connectivity index (χ1n) is 6.66. The van der Waals surface area contributed by atoms with E-state index in [2.05, 4.69) is 22.0 Å². The highest BCUT2D eigenvalue weighted by Crippen LogP contribution is 2.33. The van der Waals surface area contributed by atoms with Gasteiger partial charge in [0.05, 0.1) is 18.1 Å². The Balaban J connectivity index is 2.24. The second kappa shape index (κ2) is 7.03. The van der Waals surface area contributed by atoms with E-state index >= 15 is 0 Å². The van der Waals surface area contributed by atoms with Gasteiger partial charge < -0.3 is 13.7 Å². The zero-order valence-electron chi connectivity index (χ0n) is 12.2. The fourth-order valence-electron chi connectivity index (χ4n) is 2.37. The normalized spacial score (nSPS) is 11.3. The van der Waals surface area contributed by atoms with Crippen LogP contribution < -0.4 is 14.7 Å². The second-order valence-electron chi connectivity index (χ2n) is 4.78. The summed E-state index contributed by atoms with van der Waals surface area (Å²) < 4.78 is 43.2. The van der Waals surface area contributed by atoms with E-state index < -0.39 is 17.1 Å². The largest absolute Gasteiger partial charge is 0.493 e. The van der Waals surface area contributed by atoms with Crippen LogP contribution in [0, 0.1) is 11.6 Å². The van der Waals surface area contributed by atoms with Gasteiger partial charge in [-0.3, -0.25) is 4.79 Å². The zero-order chi connectivity index (χ0) is 17.3. The van der Waals surface area contributed by atoms with Crippen LogP contribution in [-0.2, 0) is 0 Å². The third kappa shape index (κ3) is 3.10. The van der Waals surface area contributed by atoms with Crippen LogP contribution in [0.3, 0.4) is 0 Å². The maximum absolute atomic E-state index is 13.9. The molecule has 1 heterocycles. The SMILES string of the molecule is COc1c(F)cc(F)cc1-c1coc2cc(OPI)ccc2c1=O. The lowest BCUT2D eigenvalue weighted by Crippen LogP contribution is -2.06. The number of halogens is 3. The van der Waals surface area contributed by atoms with Gasteiger partial charge in [0.15, 0.2) is 11.6 Å². The number of benzene rings is 2. The Labute approximate surface area is 150 Å². The minimum atomic E-state index is -0.890. The maximum Gasteiger partial charge on any atom is 0.200 e. The van der Waals surface area contributed by atoms with Crippen LogP contribution in [0.15, 0.2) is 45.8 Å². The average Bonchev–Trinajstić information content (AvgIpc) is 2.55. The molecule has 8 heteroatoms. The highest BCUT2D eigenvalue weighted by atomic mass is 127. The Kier molecular flexibility index (Phi) is 5.01. The van der Waals surface area contributed by atoms with Crippen LogP contribution >= 0.6 is 28.5 Å². The Bertz CT molecular complexity index is 974. The molecule has 4 nitrogen and oxygen atoms in total. The number of hydrogen-bond acceptors (Lipinski definition) is 4. The summed E-state index contributed by atoms with van der Waals surface area (Å²) in [7, 11) is 1.25. The lowest BCUT2D eigenvalue weighted by atomic mass is 10.0. The molecule has 0 saturated heterocycles. The first kappa shape index (κ1) is 17.1. The third-order valence-corrected chi connectivity index (χ3v) is 4.38. The van der Waals surface area contributed by atoms with Crippen LogP contribution in [-0.4, -0.2) is 7.11 Å². The van der Waals surface area contributed by atoms with Gasteiger partial charge in [0, 0.05) is 17.7 Å². The molecule has 0 radical (unpaired) electrons. The van der Waals surface area contributed by atoms with Crippen molar-refractivity contribution in [1.29, 1.82) is 0 Å². The van der Waals surface area contributed by atoms with E-state index in [1.54, 1.807) is 18.2 Å². The number of ether oxygens (including phenoxy) is 1. The third-order valence-electron chi connectivity index (χ3n) is 3.41. The number of rotatable bonds is 4. The van der Waals surface area contributed by atoms with Crippen molar-refractivity contribution in [3.8, 4) is 22.6 Å². The lowest BCUT2D eigenvalue weighted by molar-refractivity contribution is 0.385.